The molecule has 0 saturated heterocycles. The summed E-state index contributed by atoms with van der Waals surface area (Å²) in [5.74, 6) is 0. The average molecular weight is 188 g/mol. The molecule has 0 aliphatic rings. The summed E-state index contributed by atoms with van der Waals surface area (Å²) in [5.41, 5.74) is -0.544. The van der Waals surface area contributed by atoms with Crippen molar-refractivity contribution >= 4 is 12.4 Å². The first-order chi connectivity index (χ1) is 6.02. The standard InChI is InChI=1S/C8H16N2O3/c1-8(2,6-11)10-5-4-9-7(12)13-3/h6,10H,4-5H2,1-3H3,(H,9,12). The lowest BCUT2D eigenvalue weighted by Crippen LogP contribution is -2.44. The second-order valence-electron chi connectivity index (χ2n) is 3.18. The Hall–Kier alpha value is -1.10. The van der Waals surface area contributed by atoms with Crippen LogP contribution in [0.15, 0.2) is 0 Å². The van der Waals surface area contributed by atoms with Crippen LogP contribution in [0, 0.1) is 0 Å². The van der Waals surface area contributed by atoms with Crippen LogP contribution in [-0.4, -0.2) is 38.1 Å². The minimum absolute atomic E-state index is 0.434. The molecule has 0 aliphatic heterocycles. The summed E-state index contributed by atoms with van der Waals surface area (Å²) < 4.78 is 4.36. The SMILES string of the molecule is COC(=O)NCCNC(C)(C)C=O. The van der Waals surface area contributed by atoms with Gasteiger partial charge in [0.15, 0.2) is 0 Å². The molecule has 0 heterocycles. The quantitative estimate of drug-likeness (QED) is 0.467. The molecule has 0 rings (SSSR count). The molecule has 5 heteroatoms. The summed E-state index contributed by atoms with van der Waals surface area (Å²) in [7, 11) is 1.30. The van der Waals surface area contributed by atoms with Crippen LogP contribution in [0.2, 0.25) is 0 Å². The first-order valence-electron chi connectivity index (χ1n) is 4.05. The van der Waals surface area contributed by atoms with Gasteiger partial charge in [-0.15, -0.1) is 0 Å². The van der Waals surface area contributed by atoms with E-state index in [1.54, 1.807) is 13.8 Å². The molecular weight excluding hydrogens is 172 g/mol. The van der Waals surface area contributed by atoms with E-state index in [1.165, 1.54) is 7.11 Å². The fraction of sp³-hybridized carbons (Fsp3) is 0.750. The van der Waals surface area contributed by atoms with E-state index < -0.39 is 11.6 Å². The molecule has 0 bridgehead atoms. The number of rotatable bonds is 5. The fourth-order valence-electron chi connectivity index (χ4n) is 0.663. The Balaban J connectivity index is 3.46. The van der Waals surface area contributed by atoms with Crippen molar-refractivity contribution in [3.05, 3.63) is 0 Å². The molecule has 0 unspecified atom stereocenters. The molecule has 0 aromatic carbocycles. The molecule has 2 N–H and O–H groups in total. The average Bonchev–Trinajstić information content (AvgIpc) is 2.12. The number of aldehydes is 1. The van der Waals surface area contributed by atoms with Crippen molar-refractivity contribution in [1.29, 1.82) is 0 Å². The topological polar surface area (TPSA) is 67.4 Å². The van der Waals surface area contributed by atoms with E-state index in [0.29, 0.717) is 13.1 Å². The number of amides is 1. The van der Waals surface area contributed by atoms with Crippen LogP contribution in [0.5, 0.6) is 0 Å². The number of alkyl carbamates (subject to hydrolysis) is 1. The zero-order valence-electron chi connectivity index (χ0n) is 8.22. The molecule has 5 nitrogen and oxygen atoms in total. The summed E-state index contributed by atoms with van der Waals surface area (Å²) >= 11 is 0. The summed E-state index contributed by atoms with van der Waals surface area (Å²) in [6.07, 6.45) is 0.358. The molecular formula is C8H16N2O3. The molecule has 0 aromatic rings. The van der Waals surface area contributed by atoms with Crippen molar-refractivity contribution in [2.75, 3.05) is 20.2 Å². The lowest BCUT2D eigenvalue weighted by molar-refractivity contribution is -0.112. The number of ether oxygens (including phenoxy) is 1. The minimum atomic E-state index is -0.544. The highest BCUT2D eigenvalue weighted by Crippen LogP contribution is 1.93. The molecule has 1 amide bonds. The van der Waals surface area contributed by atoms with Gasteiger partial charge >= 0.3 is 6.09 Å². The molecule has 0 radical (unpaired) electrons. The molecule has 0 aliphatic carbocycles. The Labute approximate surface area is 77.8 Å². The highest BCUT2D eigenvalue weighted by Gasteiger charge is 2.14. The van der Waals surface area contributed by atoms with Gasteiger partial charge in [-0.1, -0.05) is 0 Å². The molecule has 0 fully saturated rings. The van der Waals surface area contributed by atoms with Gasteiger partial charge in [-0.3, -0.25) is 0 Å². The van der Waals surface area contributed by atoms with E-state index >= 15 is 0 Å². The fourth-order valence-corrected chi connectivity index (χ4v) is 0.663. The van der Waals surface area contributed by atoms with Gasteiger partial charge in [-0.2, -0.15) is 0 Å². The van der Waals surface area contributed by atoms with Crippen LogP contribution in [0.25, 0.3) is 0 Å². The van der Waals surface area contributed by atoms with Gasteiger partial charge in [0.2, 0.25) is 0 Å². The third kappa shape index (κ3) is 6.10. The van der Waals surface area contributed by atoms with Gasteiger partial charge in [0.1, 0.15) is 6.29 Å². The van der Waals surface area contributed by atoms with Crippen molar-refractivity contribution in [3.8, 4) is 0 Å². The largest absolute Gasteiger partial charge is 0.453 e. The maximum absolute atomic E-state index is 10.6. The molecule has 76 valence electrons. The van der Waals surface area contributed by atoms with Gasteiger partial charge in [0.05, 0.1) is 12.6 Å². The maximum Gasteiger partial charge on any atom is 0.406 e. The monoisotopic (exact) mass is 188 g/mol. The van der Waals surface area contributed by atoms with Crippen LogP contribution >= 0.6 is 0 Å². The highest BCUT2D eigenvalue weighted by molar-refractivity contribution is 5.66. The van der Waals surface area contributed by atoms with Crippen molar-refractivity contribution in [2.45, 2.75) is 19.4 Å². The van der Waals surface area contributed by atoms with Crippen LogP contribution in [0.3, 0.4) is 0 Å². The molecule has 13 heavy (non-hydrogen) atoms. The number of carbonyl (C=O) groups is 2. The summed E-state index contributed by atoms with van der Waals surface area (Å²) in [4.78, 5) is 21.0. The first-order valence-corrected chi connectivity index (χ1v) is 4.05. The van der Waals surface area contributed by atoms with Gasteiger partial charge in [0, 0.05) is 13.1 Å². The summed E-state index contributed by atoms with van der Waals surface area (Å²) in [6.45, 7) is 4.49. The predicted octanol–water partition coefficient (Wildman–Crippen LogP) is -0.0905. The number of carbonyl (C=O) groups excluding carboxylic acids is 2. The van der Waals surface area contributed by atoms with Crippen molar-refractivity contribution in [2.24, 2.45) is 0 Å². The van der Waals surface area contributed by atoms with E-state index in [1.807, 2.05) is 0 Å². The molecule has 0 saturated carbocycles. The van der Waals surface area contributed by atoms with Gasteiger partial charge in [-0.25, -0.2) is 4.79 Å². The normalized spacial score (nSPS) is 10.7. The van der Waals surface area contributed by atoms with E-state index in [-0.39, 0.29) is 0 Å². The van der Waals surface area contributed by atoms with Gasteiger partial charge in [0.25, 0.3) is 0 Å². The Morgan fingerprint density at radius 2 is 2.08 bits per heavy atom. The van der Waals surface area contributed by atoms with E-state index in [4.69, 9.17) is 0 Å². The maximum atomic E-state index is 10.6. The lowest BCUT2D eigenvalue weighted by atomic mass is 10.1. The van der Waals surface area contributed by atoms with Crippen molar-refractivity contribution in [3.63, 3.8) is 0 Å². The predicted molar refractivity (Wildman–Crippen MR) is 48.6 cm³/mol. The Bertz CT molecular complexity index is 180. The Morgan fingerprint density at radius 1 is 1.46 bits per heavy atom. The zero-order valence-corrected chi connectivity index (χ0v) is 8.22. The van der Waals surface area contributed by atoms with Crippen molar-refractivity contribution < 1.29 is 14.3 Å². The van der Waals surface area contributed by atoms with Gasteiger partial charge in [-0.05, 0) is 13.8 Å². The third-order valence-corrected chi connectivity index (χ3v) is 1.45. The third-order valence-electron chi connectivity index (χ3n) is 1.45. The van der Waals surface area contributed by atoms with Gasteiger partial charge < -0.3 is 20.2 Å². The number of hydrogen-bond donors (Lipinski definition) is 2. The first kappa shape index (κ1) is 11.9. The second kappa shape index (κ2) is 5.53. The lowest BCUT2D eigenvalue weighted by Gasteiger charge is -2.18. The van der Waals surface area contributed by atoms with E-state index in [2.05, 4.69) is 15.4 Å². The number of methoxy groups -OCH3 is 1. The second-order valence-corrected chi connectivity index (χ2v) is 3.18. The minimum Gasteiger partial charge on any atom is -0.453 e. The smallest absolute Gasteiger partial charge is 0.406 e. The van der Waals surface area contributed by atoms with Crippen LogP contribution < -0.4 is 10.6 Å². The molecule has 0 spiro atoms. The van der Waals surface area contributed by atoms with E-state index in [9.17, 15) is 9.59 Å². The Morgan fingerprint density at radius 3 is 2.54 bits per heavy atom. The van der Waals surface area contributed by atoms with Crippen LogP contribution in [0.1, 0.15) is 13.8 Å². The summed E-state index contributed by atoms with van der Waals surface area (Å²) in [5, 5.41) is 5.44. The summed E-state index contributed by atoms with van der Waals surface area (Å²) in [6, 6.07) is 0. The van der Waals surface area contributed by atoms with E-state index in [0.717, 1.165) is 6.29 Å². The number of hydrogen-bond acceptors (Lipinski definition) is 4. The van der Waals surface area contributed by atoms with Crippen molar-refractivity contribution in [1.82, 2.24) is 10.6 Å². The van der Waals surface area contributed by atoms with Crippen LogP contribution in [0.4, 0.5) is 4.79 Å². The zero-order chi connectivity index (χ0) is 10.3. The molecule has 0 atom stereocenters. The highest BCUT2D eigenvalue weighted by atomic mass is 16.5. The Kier molecular flexibility index (Phi) is 5.06. The number of nitrogens with one attached hydrogen (secondary N) is 2. The van der Waals surface area contributed by atoms with Crippen LogP contribution in [-0.2, 0) is 9.53 Å². The molecule has 0 aromatic heterocycles.